The maximum absolute atomic E-state index is 14.1. The first kappa shape index (κ1) is 25.0. The number of carbonyl (C=O) groups excluding carboxylic acids is 2. The number of thiazole rings is 2. The van der Waals surface area contributed by atoms with Crippen LogP contribution < -0.4 is 10.1 Å². The Labute approximate surface area is 214 Å². The number of methoxy groups -OCH3 is 1. The van der Waals surface area contributed by atoms with Crippen LogP contribution in [0.3, 0.4) is 0 Å². The van der Waals surface area contributed by atoms with Crippen LogP contribution in [0.5, 0.6) is 5.75 Å². The van der Waals surface area contributed by atoms with E-state index in [0.29, 0.717) is 11.3 Å². The van der Waals surface area contributed by atoms with Crippen molar-refractivity contribution in [3.8, 4) is 16.3 Å². The molecule has 0 spiro atoms. The highest BCUT2D eigenvalue weighted by atomic mass is 35.5. The Morgan fingerprint density at radius 2 is 1.91 bits per heavy atom. The molecule has 10 heteroatoms. The smallest absolute Gasteiger partial charge is 0.255 e. The third-order valence-electron chi connectivity index (χ3n) is 5.08. The molecular formula is C25H21ClFN3O3S2. The lowest BCUT2D eigenvalue weighted by atomic mass is 10.0. The number of ether oxygens (including phenoxy) is 1. The number of hydrogen-bond donors (Lipinski definition) is 1. The molecule has 0 bridgehead atoms. The molecule has 0 unspecified atom stereocenters. The standard InChI is InChI=1S/C25H21ClFN3O3S2/c1-13-24(35-14(2)28-13)22-12-34-23(29-22)11-18(31)7-15-6-16(9-19(8-15)33-3)25(32)30-21-5-4-17(26)10-20(21)27/h4-6,8-10,12H,7,11H2,1-3H3,(H,30,32). The van der Waals surface area contributed by atoms with Crippen molar-refractivity contribution in [3.05, 3.63) is 79.5 Å². The monoisotopic (exact) mass is 529 g/mol. The molecule has 2 aromatic carbocycles. The third kappa shape index (κ3) is 6.11. The number of benzene rings is 2. The number of hydrogen-bond acceptors (Lipinski definition) is 7. The van der Waals surface area contributed by atoms with Gasteiger partial charge in [-0.2, -0.15) is 0 Å². The van der Waals surface area contributed by atoms with Crippen LogP contribution in [0, 0.1) is 19.7 Å². The molecule has 4 rings (SSSR count). The molecule has 0 radical (unpaired) electrons. The van der Waals surface area contributed by atoms with Crippen molar-refractivity contribution in [2.24, 2.45) is 0 Å². The highest BCUT2D eigenvalue weighted by molar-refractivity contribution is 7.16. The average molecular weight is 530 g/mol. The van der Waals surface area contributed by atoms with Crippen LogP contribution in [0.15, 0.2) is 41.8 Å². The molecule has 0 saturated heterocycles. The lowest BCUT2D eigenvalue weighted by Gasteiger charge is -2.10. The molecule has 180 valence electrons. The van der Waals surface area contributed by atoms with Crippen LogP contribution >= 0.6 is 34.3 Å². The van der Waals surface area contributed by atoms with Crippen LogP contribution in [-0.2, 0) is 17.6 Å². The summed E-state index contributed by atoms with van der Waals surface area (Å²) < 4.78 is 19.4. The Balaban J connectivity index is 1.47. The number of aromatic nitrogens is 2. The van der Waals surface area contributed by atoms with Crippen LogP contribution in [0.1, 0.15) is 31.6 Å². The van der Waals surface area contributed by atoms with Crippen molar-refractivity contribution >= 4 is 51.7 Å². The van der Waals surface area contributed by atoms with Crippen LogP contribution in [-0.4, -0.2) is 28.8 Å². The summed E-state index contributed by atoms with van der Waals surface area (Å²) in [6, 6.07) is 8.82. The quantitative estimate of drug-likeness (QED) is 0.290. The summed E-state index contributed by atoms with van der Waals surface area (Å²) in [6.45, 7) is 3.90. The van der Waals surface area contributed by atoms with Gasteiger partial charge in [-0.05, 0) is 55.8 Å². The van der Waals surface area contributed by atoms with Gasteiger partial charge in [0.25, 0.3) is 5.91 Å². The number of halogens is 2. The summed E-state index contributed by atoms with van der Waals surface area (Å²) >= 11 is 8.78. The summed E-state index contributed by atoms with van der Waals surface area (Å²) in [7, 11) is 1.47. The molecule has 4 aromatic rings. The number of aryl methyl sites for hydroxylation is 2. The molecule has 0 aliphatic heterocycles. The SMILES string of the molecule is COc1cc(CC(=O)Cc2nc(-c3sc(C)nc3C)cs2)cc(C(=O)Nc2ccc(Cl)cc2F)c1. The van der Waals surface area contributed by atoms with Crippen molar-refractivity contribution < 1.29 is 18.7 Å². The van der Waals surface area contributed by atoms with E-state index >= 15 is 0 Å². The summed E-state index contributed by atoms with van der Waals surface area (Å²) in [5.41, 5.74) is 2.62. The number of amides is 1. The van der Waals surface area contributed by atoms with E-state index in [9.17, 15) is 14.0 Å². The van der Waals surface area contributed by atoms with Gasteiger partial charge in [0.2, 0.25) is 0 Å². The third-order valence-corrected chi connectivity index (χ3v) is 7.26. The maximum atomic E-state index is 14.1. The van der Waals surface area contributed by atoms with Crippen LogP contribution in [0.2, 0.25) is 5.02 Å². The van der Waals surface area contributed by atoms with Gasteiger partial charge in [0.05, 0.1) is 40.5 Å². The van der Waals surface area contributed by atoms with E-state index in [-0.39, 0.29) is 34.9 Å². The highest BCUT2D eigenvalue weighted by Gasteiger charge is 2.16. The van der Waals surface area contributed by atoms with Gasteiger partial charge in [-0.1, -0.05) is 11.6 Å². The minimum atomic E-state index is -0.643. The molecule has 2 heterocycles. The molecule has 35 heavy (non-hydrogen) atoms. The molecule has 6 nitrogen and oxygen atoms in total. The highest BCUT2D eigenvalue weighted by Crippen LogP contribution is 2.31. The second kappa shape index (κ2) is 10.6. The van der Waals surface area contributed by atoms with Gasteiger partial charge >= 0.3 is 0 Å². The largest absolute Gasteiger partial charge is 0.497 e. The van der Waals surface area contributed by atoms with E-state index in [1.54, 1.807) is 23.5 Å². The molecule has 0 aliphatic carbocycles. The molecule has 0 aliphatic rings. The fourth-order valence-electron chi connectivity index (χ4n) is 3.52. The molecule has 0 fully saturated rings. The molecular weight excluding hydrogens is 509 g/mol. The van der Waals surface area contributed by atoms with Crippen LogP contribution in [0.4, 0.5) is 10.1 Å². The normalized spacial score (nSPS) is 10.9. The molecule has 1 N–H and O–H groups in total. The van der Waals surface area contributed by atoms with Crippen molar-refractivity contribution in [3.63, 3.8) is 0 Å². The van der Waals surface area contributed by atoms with E-state index in [1.165, 1.54) is 36.6 Å². The maximum Gasteiger partial charge on any atom is 0.255 e. The summed E-state index contributed by atoms with van der Waals surface area (Å²) in [5, 5.41) is 6.38. The van der Waals surface area contributed by atoms with E-state index in [4.69, 9.17) is 16.3 Å². The average Bonchev–Trinajstić information content (AvgIpc) is 3.40. The first-order valence-electron chi connectivity index (χ1n) is 10.6. The number of ketones is 1. The van der Waals surface area contributed by atoms with E-state index in [0.717, 1.165) is 32.3 Å². The van der Waals surface area contributed by atoms with E-state index in [2.05, 4.69) is 15.3 Å². The van der Waals surface area contributed by atoms with Gasteiger partial charge in [-0.15, -0.1) is 22.7 Å². The van der Waals surface area contributed by atoms with Crippen LogP contribution in [0.25, 0.3) is 10.6 Å². The summed E-state index contributed by atoms with van der Waals surface area (Å²) in [6.07, 6.45) is 0.274. The zero-order chi connectivity index (χ0) is 25.1. The summed E-state index contributed by atoms with van der Waals surface area (Å²) in [4.78, 5) is 35.6. The predicted octanol–water partition coefficient (Wildman–Crippen LogP) is 6.29. The summed E-state index contributed by atoms with van der Waals surface area (Å²) in [5.74, 6) is -0.801. The first-order chi connectivity index (χ1) is 16.7. The fourth-order valence-corrected chi connectivity index (χ4v) is 5.45. The Kier molecular flexibility index (Phi) is 7.59. The zero-order valence-corrected chi connectivity index (χ0v) is 21.5. The van der Waals surface area contributed by atoms with E-state index < -0.39 is 11.7 Å². The van der Waals surface area contributed by atoms with Gasteiger partial charge in [-0.25, -0.2) is 14.4 Å². The zero-order valence-electron chi connectivity index (χ0n) is 19.1. The van der Waals surface area contributed by atoms with Crippen molar-refractivity contribution in [2.75, 3.05) is 12.4 Å². The number of nitrogens with zero attached hydrogens (tertiary/aromatic N) is 2. The molecule has 1 amide bonds. The molecule has 2 aromatic heterocycles. The predicted molar refractivity (Wildman–Crippen MR) is 137 cm³/mol. The van der Waals surface area contributed by atoms with Gasteiger partial charge in [0.1, 0.15) is 22.4 Å². The second-order valence-corrected chi connectivity index (χ2v) is 10.4. The van der Waals surface area contributed by atoms with Gasteiger partial charge < -0.3 is 10.1 Å². The molecule has 0 saturated carbocycles. The fraction of sp³-hybridized carbons (Fsp3) is 0.200. The number of rotatable bonds is 8. The van der Waals surface area contributed by atoms with Gasteiger partial charge in [-0.3, -0.25) is 9.59 Å². The minimum absolute atomic E-state index is 0.00536. The van der Waals surface area contributed by atoms with Crippen molar-refractivity contribution in [2.45, 2.75) is 26.7 Å². The molecule has 0 atom stereocenters. The minimum Gasteiger partial charge on any atom is -0.497 e. The Bertz CT molecular complexity index is 1420. The van der Waals surface area contributed by atoms with Gasteiger partial charge in [0.15, 0.2) is 0 Å². The Hall–Kier alpha value is -3.14. The lowest BCUT2D eigenvalue weighted by molar-refractivity contribution is -0.117. The van der Waals surface area contributed by atoms with E-state index in [1.807, 2.05) is 19.2 Å². The number of anilines is 1. The first-order valence-corrected chi connectivity index (χ1v) is 12.6. The number of Topliss-reactive ketones (excluding diaryl/α,β-unsaturated/α-hetero) is 1. The van der Waals surface area contributed by atoms with Crippen molar-refractivity contribution in [1.29, 1.82) is 0 Å². The second-order valence-electron chi connectivity index (χ2n) is 7.81. The van der Waals surface area contributed by atoms with Gasteiger partial charge in [0, 0.05) is 22.4 Å². The Morgan fingerprint density at radius 1 is 1.11 bits per heavy atom. The Morgan fingerprint density at radius 3 is 2.60 bits per heavy atom. The number of carbonyl (C=O) groups is 2. The number of nitrogens with one attached hydrogen (secondary N) is 1. The topological polar surface area (TPSA) is 81.2 Å². The van der Waals surface area contributed by atoms with Crippen molar-refractivity contribution in [1.82, 2.24) is 9.97 Å². The lowest BCUT2D eigenvalue weighted by Crippen LogP contribution is -2.14.